The van der Waals surface area contributed by atoms with E-state index in [1.54, 1.807) is 12.1 Å². The number of rotatable bonds is 3. The zero-order valence-corrected chi connectivity index (χ0v) is 14.9. The number of halogens is 2. The molecule has 0 aliphatic heterocycles. The Balaban J connectivity index is 2.17. The third-order valence-corrected chi connectivity index (χ3v) is 5.75. The number of carboxylic acid groups (broad SMARTS) is 1. The number of carbonyl (C=O) groups is 1. The Hall–Kier alpha value is -1.39. The van der Waals surface area contributed by atoms with Gasteiger partial charge < -0.3 is 9.52 Å². The Morgan fingerprint density at radius 3 is 2.95 bits per heavy atom. The van der Waals surface area contributed by atoms with Crippen molar-refractivity contribution >= 4 is 67.7 Å². The van der Waals surface area contributed by atoms with Gasteiger partial charge in [0.25, 0.3) is 0 Å². The number of nitrogens with zero attached hydrogens (tertiary/aromatic N) is 3. The van der Waals surface area contributed by atoms with Gasteiger partial charge >= 0.3 is 6.09 Å². The largest absolute Gasteiger partial charge is 0.467 e. The van der Waals surface area contributed by atoms with E-state index in [2.05, 4.69) is 32.6 Å². The van der Waals surface area contributed by atoms with E-state index in [9.17, 15) is 9.90 Å². The van der Waals surface area contributed by atoms with E-state index < -0.39 is 6.09 Å². The molecule has 3 rings (SSSR count). The highest BCUT2D eigenvalue weighted by molar-refractivity contribution is 14.1. The molecule has 0 atom stereocenters. The van der Waals surface area contributed by atoms with E-state index in [1.165, 1.54) is 17.6 Å². The van der Waals surface area contributed by atoms with E-state index in [4.69, 9.17) is 16.0 Å². The molecule has 0 saturated carbocycles. The number of hydrogen-bond acceptors (Lipinski definition) is 5. The fraction of sp³-hybridized carbons (Fsp3) is 0.154. The van der Waals surface area contributed by atoms with E-state index in [-0.39, 0.29) is 17.6 Å². The molecular formula is C13H9ClIN3O3S. The topological polar surface area (TPSA) is 79.5 Å². The second kappa shape index (κ2) is 6.01. The quantitative estimate of drug-likeness (QED) is 0.469. The van der Waals surface area contributed by atoms with Crippen LogP contribution in [0.2, 0.25) is 5.28 Å². The predicted octanol–water partition coefficient (Wildman–Crippen LogP) is 4.54. The Labute approximate surface area is 147 Å². The number of amides is 1. The van der Waals surface area contributed by atoms with Crippen LogP contribution >= 0.6 is 45.5 Å². The standard InChI is InChI=1S/C13H9ClIN3O3S/c1-6-8-9(22-10(6)15)11(17-12(14)16-8)18(13(19)20)5-7-3-2-4-21-7/h2-4H,5H2,1H3,(H,19,20). The summed E-state index contributed by atoms with van der Waals surface area (Å²) in [6, 6.07) is 3.41. The minimum Gasteiger partial charge on any atom is -0.467 e. The van der Waals surface area contributed by atoms with Crippen LogP contribution in [0.1, 0.15) is 11.3 Å². The molecule has 0 radical (unpaired) electrons. The van der Waals surface area contributed by atoms with Gasteiger partial charge in [0.2, 0.25) is 5.28 Å². The summed E-state index contributed by atoms with van der Waals surface area (Å²) < 4.78 is 6.94. The van der Waals surface area contributed by atoms with Crippen molar-refractivity contribution in [2.24, 2.45) is 0 Å². The van der Waals surface area contributed by atoms with Crippen LogP contribution in [-0.4, -0.2) is 21.2 Å². The Morgan fingerprint density at radius 2 is 2.32 bits per heavy atom. The van der Waals surface area contributed by atoms with E-state index in [1.807, 2.05) is 6.92 Å². The minimum atomic E-state index is -1.13. The molecule has 0 aromatic carbocycles. The molecule has 22 heavy (non-hydrogen) atoms. The Morgan fingerprint density at radius 1 is 1.55 bits per heavy atom. The van der Waals surface area contributed by atoms with Crippen molar-refractivity contribution in [3.05, 3.63) is 37.9 Å². The number of thiophene rings is 1. The predicted molar refractivity (Wildman–Crippen MR) is 92.8 cm³/mol. The van der Waals surface area contributed by atoms with Crippen molar-refractivity contribution < 1.29 is 14.3 Å². The highest BCUT2D eigenvalue weighted by atomic mass is 127. The van der Waals surface area contributed by atoms with Gasteiger partial charge in [-0.2, -0.15) is 4.98 Å². The first-order chi connectivity index (χ1) is 10.5. The first-order valence-electron chi connectivity index (χ1n) is 6.12. The highest BCUT2D eigenvalue weighted by Crippen LogP contribution is 2.37. The monoisotopic (exact) mass is 449 g/mol. The number of fused-ring (bicyclic) bond motifs is 1. The molecule has 3 aromatic rings. The first-order valence-corrected chi connectivity index (χ1v) is 8.39. The van der Waals surface area contributed by atoms with Gasteiger partial charge in [-0.05, 0) is 58.8 Å². The Kier molecular flexibility index (Phi) is 4.24. The third kappa shape index (κ3) is 2.77. The lowest BCUT2D eigenvalue weighted by molar-refractivity contribution is 0.200. The summed E-state index contributed by atoms with van der Waals surface area (Å²) in [5, 5.41) is 9.55. The Bertz CT molecular complexity index is 850. The smallest absolute Gasteiger partial charge is 0.413 e. The van der Waals surface area contributed by atoms with Crippen LogP contribution in [0.15, 0.2) is 22.8 Å². The summed E-state index contributed by atoms with van der Waals surface area (Å²) in [4.78, 5) is 21.1. The second-order valence-electron chi connectivity index (χ2n) is 4.44. The molecule has 3 heterocycles. The fourth-order valence-corrected chi connectivity index (χ4v) is 4.05. The number of furan rings is 1. The zero-order valence-electron chi connectivity index (χ0n) is 11.2. The fourth-order valence-electron chi connectivity index (χ4n) is 1.99. The molecule has 0 saturated heterocycles. The van der Waals surface area contributed by atoms with Crippen molar-refractivity contribution in [3.8, 4) is 0 Å². The maximum absolute atomic E-state index is 11.7. The van der Waals surface area contributed by atoms with Crippen molar-refractivity contribution in [3.63, 3.8) is 0 Å². The summed E-state index contributed by atoms with van der Waals surface area (Å²) in [5.74, 6) is 0.795. The molecule has 6 nitrogen and oxygen atoms in total. The maximum Gasteiger partial charge on any atom is 0.413 e. The summed E-state index contributed by atoms with van der Waals surface area (Å²) >= 11 is 9.60. The zero-order chi connectivity index (χ0) is 15.9. The summed E-state index contributed by atoms with van der Waals surface area (Å²) in [6.45, 7) is 1.98. The van der Waals surface area contributed by atoms with Crippen molar-refractivity contribution in [2.45, 2.75) is 13.5 Å². The SMILES string of the molecule is Cc1c(I)sc2c(N(Cc3ccco3)C(=O)O)nc(Cl)nc12. The van der Waals surface area contributed by atoms with Crippen LogP contribution in [0, 0.1) is 9.81 Å². The molecule has 0 bridgehead atoms. The molecule has 0 aliphatic rings. The maximum atomic E-state index is 11.7. The first kappa shape index (κ1) is 15.5. The lowest BCUT2D eigenvalue weighted by atomic mass is 10.3. The minimum absolute atomic E-state index is 0.0190. The summed E-state index contributed by atoms with van der Waals surface area (Å²) in [5.41, 5.74) is 1.64. The third-order valence-electron chi connectivity index (χ3n) is 3.04. The van der Waals surface area contributed by atoms with Gasteiger partial charge in [0.05, 0.1) is 25.9 Å². The number of aromatic nitrogens is 2. The van der Waals surface area contributed by atoms with Gasteiger partial charge in [0.1, 0.15) is 5.76 Å². The lowest BCUT2D eigenvalue weighted by Gasteiger charge is -2.17. The van der Waals surface area contributed by atoms with Gasteiger partial charge in [-0.25, -0.2) is 9.78 Å². The normalized spacial score (nSPS) is 11.0. The van der Waals surface area contributed by atoms with Crippen LogP contribution in [0.25, 0.3) is 10.2 Å². The van der Waals surface area contributed by atoms with Crippen LogP contribution < -0.4 is 4.90 Å². The van der Waals surface area contributed by atoms with Crippen molar-refractivity contribution in [1.29, 1.82) is 0 Å². The number of hydrogen-bond donors (Lipinski definition) is 1. The summed E-state index contributed by atoms with van der Waals surface area (Å²) in [6.07, 6.45) is 0.365. The van der Waals surface area contributed by atoms with Crippen LogP contribution in [0.5, 0.6) is 0 Å². The highest BCUT2D eigenvalue weighted by Gasteiger charge is 2.24. The number of aryl methyl sites for hydroxylation is 1. The molecular weight excluding hydrogens is 441 g/mol. The average Bonchev–Trinajstić information content (AvgIpc) is 3.06. The van der Waals surface area contributed by atoms with Crippen molar-refractivity contribution in [2.75, 3.05) is 4.90 Å². The van der Waals surface area contributed by atoms with Gasteiger partial charge in [-0.1, -0.05) is 0 Å². The van der Waals surface area contributed by atoms with Gasteiger partial charge in [-0.15, -0.1) is 11.3 Å². The molecule has 114 valence electrons. The van der Waals surface area contributed by atoms with E-state index in [0.717, 1.165) is 13.3 Å². The van der Waals surface area contributed by atoms with Gasteiger partial charge in [-0.3, -0.25) is 4.90 Å². The van der Waals surface area contributed by atoms with E-state index >= 15 is 0 Å². The molecule has 0 fully saturated rings. The average molecular weight is 450 g/mol. The molecule has 0 aliphatic carbocycles. The van der Waals surface area contributed by atoms with Crippen LogP contribution in [0.3, 0.4) is 0 Å². The molecule has 0 unspecified atom stereocenters. The molecule has 0 spiro atoms. The van der Waals surface area contributed by atoms with Gasteiger partial charge in [0.15, 0.2) is 5.82 Å². The van der Waals surface area contributed by atoms with Crippen LogP contribution in [0.4, 0.5) is 10.6 Å². The molecule has 9 heteroatoms. The second-order valence-corrected chi connectivity index (χ2v) is 7.61. The van der Waals surface area contributed by atoms with E-state index in [0.29, 0.717) is 16.0 Å². The molecule has 1 amide bonds. The number of anilines is 1. The lowest BCUT2D eigenvalue weighted by Crippen LogP contribution is -2.29. The molecule has 1 N–H and O–H groups in total. The summed E-state index contributed by atoms with van der Waals surface area (Å²) in [7, 11) is 0. The van der Waals surface area contributed by atoms with Crippen LogP contribution in [-0.2, 0) is 6.54 Å². The van der Waals surface area contributed by atoms with Gasteiger partial charge in [0, 0.05) is 0 Å². The van der Waals surface area contributed by atoms with Crippen molar-refractivity contribution in [1.82, 2.24) is 9.97 Å². The molecule has 3 aromatic heterocycles.